The maximum absolute atomic E-state index is 11.0. The van der Waals surface area contributed by atoms with Crippen molar-refractivity contribution >= 4 is 11.7 Å². The first kappa shape index (κ1) is 13.4. The number of anilines is 1. The van der Waals surface area contributed by atoms with Crippen molar-refractivity contribution in [2.75, 3.05) is 18.0 Å². The molecule has 0 radical (unpaired) electrons. The second-order valence-corrected chi connectivity index (χ2v) is 4.85. The van der Waals surface area contributed by atoms with Crippen LogP contribution in [0.25, 0.3) is 0 Å². The van der Waals surface area contributed by atoms with Gasteiger partial charge in [0.05, 0.1) is 11.6 Å². The zero-order chi connectivity index (χ0) is 13.7. The second kappa shape index (κ2) is 6.24. The molecule has 1 N–H and O–H groups in total. The van der Waals surface area contributed by atoms with E-state index in [1.165, 1.54) is 0 Å². The minimum atomic E-state index is -0.867. The first-order valence-corrected chi connectivity index (χ1v) is 6.70. The van der Waals surface area contributed by atoms with E-state index in [0.29, 0.717) is 12.0 Å². The van der Waals surface area contributed by atoms with Gasteiger partial charge in [0.2, 0.25) is 0 Å². The Kier molecular flexibility index (Phi) is 4.40. The lowest BCUT2D eigenvalue weighted by Gasteiger charge is -2.31. The average molecular weight is 258 g/mol. The van der Waals surface area contributed by atoms with Gasteiger partial charge in [0.1, 0.15) is 0 Å². The predicted molar refractivity (Wildman–Crippen MR) is 73.4 cm³/mol. The van der Waals surface area contributed by atoms with Gasteiger partial charge in [-0.1, -0.05) is 0 Å². The standard InChI is InChI=1S/C15H18N2O2/c16-8-2-1-3-9-17-10-4-5-12-11-13(15(18)19)6-7-14(12)17/h6-7,11H,1-5,9-10H2,(H,18,19). The largest absolute Gasteiger partial charge is 0.478 e. The van der Waals surface area contributed by atoms with Gasteiger partial charge in [-0.05, 0) is 49.4 Å². The lowest BCUT2D eigenvalue weighted by atomic mass is 9.99. The Labute approximate surface area is 113 Å². The minimum absolute atomic E-state index is 0.366. The molecule has 0 saturated carbocycles. The molecule has 1 aromatic carbocycles. The molecule has 1 aliphatic heterocycles. The summed E-state index contributed by atoms with van der Waals surface area (Å²) in [7, 11) is 0. The normalized spacial score (nSPS) is 13.7. The molecule has 0 bridgehead atoms. The lowest BCUT2D eigenvalue weighted by Crippen LogP contribution is -2.30. The highest BCUT2D eigenvalue weighted by atomic mass is 16.4. The molecule has 1 aromatic rings. The molecular formula is C15H18N2O2. The van der Waals surface area contributed by atoms with Crippen LogP contribution in [0.1, 0.15) is 41.6 Å². The third kappa shape index (κ3) is 3.25. The van der Waals surface area contributed by atoms with Crippen molar-refractivity contribution in [3.8, 4) is 6.07 Å². The maximum Gasteiger partial charge on any atom is 0.335 e. The fraction of sp³-hybridized carbons (Fsp3) is 0.467. The Morgan fingerprint density at radius 3 is 3.00 bits per heavy atom. The predicted octanol–water partition coefficient (Wildman–Crippen LogP) is 2.83. The van der Waals surface area contributed by atoms with Gasteiger partial charge >= 0.3 is 5.97 Å². The highest BCUT2D eigenvalue weighted by molar-refractivity contribution is 5.88. The highest BCUT2D eigenvalue weighted by Gasteiger charge is 2.17. The van der Waals surface area contributed by atoms with Crippen LogP contribution >= 0.6 is 0 Å². The molecule has 1 heterocycles. The zero-order valence-corrected chi connectivity index (χ0v) is 10.9. The van der Waals surface area contributed by atoms with E-state index < -0.39 is 5.97 Å². The van der Waals surface area contributed by atoms with Crippen molar-refractivity contribution in [3.05, 3.63) is 29.3 Å². The van der Waals surface area contributed by atoms with Crippen LogP contribution in [-0.2, 0) is 6.42 Å². The summed E-state index contributed by atoms with van der Waals surface area (Å²) in [6.45, 7) is 1.97. The van der Waals surface area contributed by atoms with Crippen molar-refractivity contribution in [1.29, 1.82) is 5.26 Å². The van der Waals surface area contributed by atoms with Gasteiger partial charge in [0.25, 0.3) is 0 Å². The number of carboxylic acid groups (broad SMARTS) is 1. The van der Waals surface area contributed by atoms with Crippen LogP contribution in [0.2, 0.25) is 0 Å². The van der Waals surface area contributed by atoms with Gasteiger partial charge in [-0.25, -0.2) is 4.79 Å². The molecule has 0 fully saturated rings. The van der Waals surface area contributed by atoms with Gasteiger partial charge in [-0.2, -0.15) is 5.26 Å². The summed E-state index contributed by atoms with van der Waals surface area (Å²) < 4.78 is 0. The molecule has 19 heavy (non-hydrogen) atoms. The number of nitriles is 1. The number of hydrogen-bond donors (Lipinski definition) is 1. The van der Waals surface area contributed by atoms with E-state index in [1.807, 2.05) is 6.07 Å². The van der Waals surface area contributed by atoms with Crippen LogP contribution < -0.4 is 4.90 Å². The number of nitrogens with zero attached hydrogens (tertiary/aromatic N) is 2. The summed E-state index contributed by atoms with van der Waals surface area (Å²) >= 11 is 0. The summed E-state index contributed by atoms with van der Waals surface area (Å²) in [5, 5.41) is 17.5. The number of benzene rings is 1. The Balaban J connectivity index is 2.07. The molecule has 4 heteroatoms. The summed E-state index contributed by atoms with van der Waals surface area (Å²) in [5.41, 5.74) is 2.66. The number of fused-ring (bicyclic) bond motifs is 1. The van der Waals surface area contributed by atoms with E-state index in [0.717, 1.165) is 50.0 Å². The molecular weight excluding hydrogens is 240 g/mol. The third-order valence-corrected chi connectivity index (χ3v) is 3.51. The average Bonchev–Trinajstić information content (AvgIpc) is 2.43. The summed E-state index contributed by atoms with van der Waals surface area (Å²) in [4.78, 5) is 13.3. The smallest absolute Gasteiger partial charge is 0.335 e. The van der Waals surface area contributed by atoms with Crippen molar-refractivity contribution in [1.82, 2.24) is 0 Å². The quantitative estimate of drug-likeness (QED) is 0.825. The molecule has 0 atom stereocenters. The molecule has 0 aromatic heterocycles. The summed E-state index contributed by atoms with van der Waals surface area (Å²) in [5.74, 6) is -0.867. The summed E-state index contributed by atoms with van der Waals surface area (Å²) in [6, 6.07) is 7.55. The number of hydrogen-bond acceptors (Lipinski definition) is 3. The number of rotatable bonds is 5. The molecule has 0 aliphatic carbocycles. The van der Waals surface area contributed by atoms with Crippen LogP contribution in [0, 0.1) is 11.3 Å². The molecule has 2 rings (SSSR count). The molecule has 100 valence electrons. The monoisotopic (exact) mass is 258 g/mol. The van der Waals surface area contributed by atoms with E-state index in [-0.39, 0.29) is 0 Å². The van der Waals surface area contributed by atoms with Crippen LogP contribution in [-0.4, -0.2) is 24.2 Å². The fourth-order valence-electron chi connectivity index (χ4n) is 2.55. The molecule has 4 nitrogen and oxygen atoms in total. The van der Waals surface area contributed by atoms with E-state index in [9.17, 15) is 4.79 Å². The van der Waals surface area contributed by atoms with Crippen LogP contribution in [0.3, 0.4) is 0 Å². The number of aromatic carboxylic acids is 1. The SMILES string of the molecule is N#CCCCCN1CCCc2cc(C(=O)O)ccc21. The molecule has 0 amide bonds. The first-order valence-electron chi connectivity index (χ1n) is 6.70. The highest BCUT2D eigenvalue weighted by Crippen LogP contribution is 2.28. The minimum Gasteiger partial charge on any atom is -0.478 e. The Morgan fingerprint density at radius 2 is 2.26 bits per heavy atom. The Hall–Kier alpha value is -2.02. The number of carboxylic acids is 1. The van der Waals surface area contributed by atoms with Crippen molar-refractivity contribution in [2.24, 2.45) is 0 Å². The third-order valence-electron chi connectivity index (χ3n) is 3.51. The number of aryl methyl sites for hydroxylation is 1. The first-order chi connectivity index (χ1) is 9.22. The molecule has 0 unspecified atom stereocenters. The Morgan fingerprint density at radius 1 is 1.42 bits per heavy atom. The van der Waals surface area contributed by atoms with Gasteiger partial charge in [-0.15, -0.1) is 0 Å². The zero-order valence-electron chi connectivity index (χ0n) is 10.9. The van der Waals surface area contributed by atoms with Crippen LogP contribution in [0.15, 0.2) is 18.2 Å². The molecule has 0 saturated heterocycles. The van der Waals surface area contributed by atoms with Gasteiger partial charge in [-0.3, -0.25) is 0 Å². The molecule has 0 spiro atoms. The van der Waals surface area contributed by atoms with Crippen molar-refractivity contribution in [2.45, 2.75) is 32.1 Å². The van der Waals surface area contributed by atoms with Gasteiger partial charge in [0, 0.05) is 25.2 Å². The fourth-order valence-corrected chi connectivity index (χ4v) is 2.55. The molecule has 1 aliphatic rings. The van der Waals surface area contributed by atoms with E-state index in [4.69, 9.17) is 10.4 Å². The second-order valence-electron chi connectivity index (χ2n) is 4.85. The van der Waals surface area contributed by atoms with Crippen LogP contribution in [0.5, 0.6) is 0 Å². The van der Waals surface area contributed by atoms with Crippen molar-refractivity contribution in [3.63, 3.8) is 0 Å². The Bertz CT molecular complexity index is 505. The van der Waals surface area contributed by atoms with Gasteiger partial charge < -0.3 is 10.0 Å². The van der Waals surface area contributed by atoms with E-state index in [2.05, 4.69) is 11.0 Å². The lowest BCUT2D eigenvalue weighted by molar-refractivity contribution is 0.0697. The topological polar surface area (TPSA) is 64.3 Å². The van der Waals surface area contributed by atoms with E-state index in [1.54, 1.807) is 12.1 Å². The maximum atomic E-state index is 11.0. The van der Waals surface area contributed by atoms with E-state index >= 15 is 0 Å². The number of carbonyl (C=O) groups is 1. The summed E-state index contributed by atoms with van der Waals surface area (Å²) in [6.07, 6.45) is 4.56. The van der Waals surface area contributed by atoms with Crippen molar-refractivity contribution < 1.29 is 9.90 Å². The van der Waals surface area contributed by atoms with Gasteiger partial charge in [0.15, 0.2) is 0 Å². The van der Waals surface area contributed by atoms with Crippen LogP contribution in [0.4, 0.5) is 5.69 Å². The number of unbranched alkanes of at least 4 members (excludes halogenated alkanes) is 2.